The molecule has 0 saturated carbocycles. The van der Waals surface area contributed by atoms with Crippen molar-refractivity contribution in [3.8, 4) is 11.3 Å². The summed E-state index contributed by atoms with van der Waals surface area (Å²) in [5.41, 5.74) is 0.887. The van der Waals surface area contributed by atoms with Gasteiger partial charge in [-0.05, 0) is 19.8 Å². The van der Waals surface area contributed by atoms with Gasteiger partial charge in [-0.2, -0.15) is 0 Å². The molecular formula is C16H21NO3S. The molecule has 0 amide bonds. The van der Waals surface area contributed by atoms with E-state index in [9.17, 15) is 8.42 Å². The van der Waals surface area contributed by atoms with Gasteiger partial charge in [0.25, 0.3) is 0 Å². The highest BCUT2D eigenvalue weighted by Crippen LogP contribution is 2.30. The van der Waals surface area contributed by atoms with Gasteiger partial charge in [-0.3, -0.25) is 0 Å². The molecule has 1 aromatic heterocycles. The lowest BCUT2D eigenvalue weighted by atomic mass is 10.2. The monoisotopic (exact) mass is 307 g/mol. The quantitative estimate of drug-likeness (QED) is 0.841. The van der Waals surface area contributed by atoms with E-state index in [2.05, 4.69) is 4.98 Å². The molecule has 21 heavy (non-hydrogen) atoms. The summed E-state index contributed by atoms with van der Waals surface area (Å²) in [4.78, 5) is 4.15. The van der Waals surface area contributed by atoms with Crippen LogP contribution in [0.5, 0.6) is 0 Å². The van der Waals surface area contributed by atoms with Gasteiger partial charge in [0.2, 0.25) is 5.89 Å². The topological polar surface area (TPSA) is 60.2 Å². The third-order valence-corrected chi connectivity index (χ3v) is 6.65. The van der Waals surface area contributed by atoms with Crippen LogP contribution in [0, 0.1) is 5.92 Å². The van der Waals surface area contributed by atoms with Crippen LogP contribution in [-0.2, 0) is 9.84 Å². The molecule has 0 radical (unpaired) electrons. The first-order valence-corrected chi connectivity index (χ1v) is 8.69. The minimum absolute atomic E-state index is 0.0565. The van der Waals surface area contributed by atoms with Crippen LogP contribution in [0.15, 0.2) is 40.9 Å². The minimum atomic E-state index is -3.32. The van der Waals surface area contributed by atoms with Crippen molar-refractivity contribution in [3.05, 3.63) is 42.4 Å². The van der Waals surface area contributed by atoms with Crippen LogP contribution < -0.4 is 0 Å². The van der Waals surface area contributed by atoms with Crippen LogP contribution in [0.3, 0.4) is 0 Å². The molecule has 2 rings (SSSR count). The molecule has 0 unspecified atom stereocenters. The van der Waals surface area contributed by atoms with E-state index in [4.69, 9.17) is 4.42 Å². The van der Waals surface area contributed by atoms with Gasteiger partial charge >= 0.3 is 0 Å². The fourth-order valence-electron chi connectivity index (χ4n) is 2.05. The van der Waals surface area contributed by atoms with E-state index >= 15 is 0 Å². The van der Waals surface area contributed by atoms with Crippen molar-refractivity contribution in [1.82, 2.24) is 4.98 Å². The molecule has 0 aliphatic heterocycles. The first kappa shape index (κ1) is 15.8. The van der Waals surface area contributed by atoms with E-state index in [-0.39, 0.29) is 11.8 Å². The summed E-state index contributed by atoms with van der Waals surface area (Å²) >= 11 is 0. The predicted molar refractivity (Wildman–Crippen MR) is 83.6 cm³/mol. The smallest absolute Gasteiger partial charge is 0.212 e. The number of benzene rings is 1. The molecule has 0 fully saturated rings. The highest BCUT2D eigenvalue weighted by atomic mass is 32.2. The van der Waals surface area contributed by atoms with E-state index in [1.165, 1.54) is 0 Å². The Morgan fingerprint density at radius 3 is 2.24 bits per heavy atom. The molecule has 0 aliphatic rings. The number of rotatable bonds is 5. The zero-order valence-corrected chi connectivity index (χ0v) is 13.6. The van der Waals surface area contributed by atoms with Gasteiger partial charge in [0, 0.05) is 5.56 Å². The van der Waals surface area contributed by atoms with E-state index in [0.717, 1.165) is 5.56 Å². The van der Waals surface area contributed by atoms with E-state index in [1.54, 1.807) is 20.0 Å². The molecule has 0 aliphatic carbocycles. The predicted octanol–water partition coefficient (Wildman–Crippen LogP) is 3.86. The van der Waals surface area contributed by atoms with E-state index in [1.807, 2.05) is 44.2 Å². The summed E-state index contributed by atoms with van der Waals surface area (Å²) < 4.78 is 30.7. The Labute approximate surface area is 126 Å². The molecule has 2 atom stereocenters. The molecule has 1 heterocycles. The summed E-state index contributed by atoms with van der Waals surface area (Å²) in [6.45, 7) is 7.17. The molecule has 4 nitrogen and oxygen atoms in total. The standard InChI is InChI=1S/C16H21NO3S/c1-11(2)12(3)21(18,19)13(4)16-17-10-15(20-16)14-8-6-5-7-9-14/h5-13H,1-4H3/t12-,13+/m1/s1. The fourth-order valence-corrected chi connectivity index (χ4v) is 3.85. The van der Waals surface area contributed by atoms with Crippen LogP contribution in [0.25, 0.3) is 11.3 Å². The van der Waals surface area contributed by atoms with Gasteiger partial charge in [0.05, 0.1) is 11.4 Å². The first-order chi connectivity index (χ1) is 9.84. The molecule has 5 heteroatoms. The van der Waals surface area contributed by atoms with Crippen LogP contribution in [0.1, 0.15) is 38.8 Å². The Hall–Kier alpha value is -1.62. The third kappa shape index (κ3) is 3.18. The number of sulfone groups is 1. The molecule has 2 aromatic rings. The average molecular weight is 307 g/mol. The second kappa shape index (κ2) is 6.02. The Morgan fingerprint density at radius 2 is 1.67 bits per heavy atom. The Balaban J connectivity index is 2.30. The normalized spacial score (nSPS) is 15.1. The van der Waals surface area contributed by atoms with Crippen LogP contribution in [0.2, 0.25) is 0 Å². The first-order valence-electron chi connectivity index (χ1n) is 7.08. The molecular weight excluding hydrogens is 286 g/mol. The Morgan fingerprint density at radius 1 is 1.05 bits per heavy atom. The zero-order valence-electron chi connectivity index (χ0n) is 12.8. The highest BCUT2D eigenvalue weighted by molar-refractivity contribution is 7.92. The molecule has 0 N–H and O–H groups in total. The van der Waals surface area contributed by atoms with Gasteiger partial charge in [0.1, 0.15) is 5.25 Å². The molecule has 1 aromatic carbocycles. The summed E-state index contributed by atoms with van der Waals surface area (Å²) in [5.74, 6) is 0.896. The third-order valence-electron chi connectivity index (χ3n) is 3.88. The number of hydrogen-bond donors (Lipinski definition) is 0. The van der Waals surface area contributed by atoms with Crippen molar-refractivity contribution in [2.75, 3.05) is 0 Å². The van der Waals surface area contributed by atoms with Gasteiger partial charge < -0.3 is 4.42 Å². The van der Waals surface area contributed by atoms with Crippen molar-refractivity contribution in [3.63, 3.8) is 0 Å². The summed E-state index contributed by atoms with van der Waals surface area (Å²) in [6.07, 6.45) is 1.58. The average Bonchev–Trinajstić information content (AvgIpc) is 2.96. The van der Waals surface area contributed by atoms with Crippen LogP contribution in [0.4, 0.5) is 0 Å². The van der Waals surface area contributed by atoms with Crippen LogP contribution >= 0.6 is 0 Å². The Bertz CT molecular complexity index is 689. The van der Waals surface area contributed by atoms with Crippen molar-refractivity contribution < 1.29 is 12.8 Å². The second-order valence-electron chi connectivity index (χ2n) is 5.61. The van der Waals surface area contributed by atoms with Gasteiger partial charge in [-0.25, -0.2) is 13.4 Å². The van der Waals surface area contributed by atoms with Gasteiger partial charge in [-0.15, -0.1) is 0 Å². The fraction of sp³-hybridized carbons (Fsp3) is 0.438. The summed E-state index contributed by atoms with van der Waals surface area (Å²) in [6, 6.07) is 9.52. The van der Waals surface area contributed by atoms with Gasteiger partial charge in [0.15, 0.2) is 15.6 Å². The summed E-state index contributed by atoms with van der Waals surface area (Å²) in [7, 11) is -3.32. The van der Waals surface area contributed by atoms with Crippen molar-refractivity contribution in [2.24, 2.45) is 5.92 Å². The number of aromatic nitrogens is 1. The SMILES string of the molecule is CC(C)[C@@H](C)S(=O)(=O)[C@@H](C)c1ncc(-c2ccccc2)o1. The maximum absolute atomic E-state index is 12.5. The number of hydrogen-bond acceptors (Lipinski definition) is 4. The van der Waals surface area contributed by atoms with Crippen molar-refractivity contribution >= 4 is 9.84 Å². The van der Waals surface area contributed by atoms with Crippen molar-refractivity contribution in [1.29, 1.82) is 0 Å². The Kier molecular flexibility index (Phi) is 4.52. The lowest BCUT2D eigenvalue weighted by Gasteiger charge is -2.19. The largest absolute Gasteiger partial charge is 0.439 e. The van der Waals surface area contributed by atoms with E-state index in [0.29, 0.717) is 5.76 Å². The molecule has 0 bridgehead atoms. The maximum Gasteiger partial charge on any atom is 0.212 e. The zero-order chi connectivity index (χ0) is 15.6. The number of oxazole rings is 1. The lowest BCUT2D eigenvalue weighted by molar-refractivity contribution is 0.484. The second-order valence-corrected chi connectivity index (χ2v) is 8.24. The molecule has 0 spiro atoms. The molecule has 0 saturated heterocycles. The minimum Gasteiger partial charge on any atom is -0.439 e. The van der Waals surface area contributed by atoms with Gasteiger partial charge in [-0.1, -0.05) is 44.2 Å². The maximum atomic E-state index is 12.5. The lowest BCUT2D eigenvalue weighted by Crippen LogP contribution is -2.27. The van der Waals surface area contributed by atoms with Crippen LogP contribution in [-0.4, -0.2) is 18.7 Å². The van der Waals surface area contributed by atoms with E-state index < -0.39 is 20.3 Å². The summed E-state index contributed by atoms with van der Waals surface area (Å²) in [5, 5.41) is -1.17. The van der Waals surface area contributed by atoms with Crippen molar-refractivity contribution in [2.45, 2.75) is 38.2 Å². The molecule has 114 valence electrons. The number of nitrogens with zero attached hydrogens (tertiary/aromatic N) is 1. The highest BCUT2D eigenvalue weighted by Gasteiger charge is 2.33.